The largest absolute Gasteiger partial charge is 0.379 e. The number of nitro benzene ring substituents is 1. The maximum absolute atomic E-state index is 10.6. The molecule has 82 valence electrons. The van der Waals surface area contributed by atoms with E-state index in [-0.39, 0.29) is 5.69 Å². The van der Waals surface area contributed by atoms with Crippen molar-refractivity contribution in [3.63, 3.8) is 0 Å². The fourth-order valence-corrected chi connectivity index (χ4v) is 1.40. The summed E-state index contributed by atoms with van der Waals surface area (Å²) in [5.74, 6) is 0. The van der Waals surface area contributed by atoms with Gasteiger partial charge in [-0.1, -0.05) is 6.07 Å². The van der Waals surface area contributed by atoms with Gasteiger partial charge >= 0.3 is 0 Å². The molecule has 0 bridgehead atoms. The van der Waals surface area contributed by atoms with Gasteiger partial charge in [-0.25, -0.2) is 0 Å². The standard InChI is InChI=1S/C11H11N3O2/c15-14(16)11-5-1-3-9(7-11)13-8-10-4-2-6-12-10/h1-7,12-13H,8H2. The summed E-state index contributed by atoms with van der Waals surface area (Å²) < 4.78 is 0. The van der Waals surface area contributed by atoms with Gasteiger partial charge in [-0.05, 0) is 18.2 Å². The molecule has 0 aliphatic carbocycles. The van der Waals surface area contributed by atoms with Gasteiger partial charge in [0, 0.05) is 29.7 Å². The molecule has 0 saturated carbocycles. The second-order valence-electron chi connectivity index (χ2n) is 3.36. The quantitative estimate of drug-likeness (QED) is 0.610. The van der Waals surface area contributed by atoms with E-state index >= 15 is 0 Å². The summed E-state index contributed by atoms with van der Waals surface area (Å²) in [6.07, 6.45) is 1.84. The van der Waals surface area contributed by atoms with E-state index in [1.165, 1.54) is 12.1 Å². The van der Waals surface area contributed by atoms with Crippen LogP contribution in [0.5, 0.6) is 0 Å². The van der Waals surface area contributed by atoms with Gasteiger partial charge in [-0.15, -0.1) is 0 Å². The maximum atomic E-state index is 10.6. The van der Waals surface area contributed by atoms with Crippen LogP contribution in [0.2, 0.25) is 0 Å². The third kappa shape index (κ3) is 2.38. The lowest BCUT2D eigenvalue weighted by atomic mass is 10.3. The average molecular weight is 217 g/mol. The van der Waals surface area contributed by atoms with Gasteiger partial charge in [-0.2, -0.15) is 0 Å². The van der Waals surface area contributed by atoms with Crippen molar-refractivity contribution in [2.45, 2.75) is 6.54 Å². The molecule has 5 heteroatoms. The van der Waals surface area contributed by atoms with E-state index in [9.17, 15) is 10.1 Å². The van der Waals surface area contributed by atoms with Crippen molar-refractivity contribution in [1.82, 2.24) is 4.98 Å². The monoisotopic (exact) mass is 217 g/mol. The number of nitrogens with zero attached hydrogens (tertiary/aromatic N) is 1. The summed E-state index contributed by atoms with van der Waals surface area (Å²) in [7, 11) is 0. The summed E-state index contributed by atoms with van der Waals surface area (Å²) in [5, 5.41) is 13.7. The van der Waals surface area contributed by atoms with Crippen LogP contribution in [0.1, 0.15) is 5.69 Å². The third-order valence-electron chi connectivity index (χ3n) is 2.20. The van der Waals surface area contributed by atoms with E-state index in [0.717, 1.165) is 11.4 Å². The first-order valence-electron chi connectivity index (χ1n) is 4.86. The van der Waals surface area contributed by atoms with Crippen molar-refractivity contribution in [3.8, 4) is 0 Å². The molecule has 5 nitrogen and oxygen atoms in total. The van der Waals surface area contributed by atoms with E-state index in [1.54, 1.807) is 12.1 Å². The second kappa shape index (κ2) is 4.48. The van der Waals surface area contributed by atoms with Gasteiger partial charge in [0.05, 0.1) is 11.5 Å². The number of nitro groups is 1. The highest BCUT2D eigenvalue weighted by atomic mass is 16.6. The molecule has 0 atom stereocenters. The molecule has 0 aliphatic rings. The van der Waals surface area contributed by atoms with Gasteiger partial charge < -0.3 is 10.3 Å². The molecular weight excluding hydrogens is 206 g/mol. The Labute approximate surface area is 92.3 Å². The molecule has 0 spiro atoms. The van der Waals surface area contributed by atoms with Crippen LogP contribution in [0.15, 0.2) is 42.6 Å². The lowest BCUT2D eigenvalue weighted by molar-refractivity contribution is -0.384. The SMILES string of the molecule is O=[N+]([O-])c1cccc(NCc2ccc[nH]2)c1. The molecule has 0 amide bonds. The Morgan fingerprint density at radius 3 is 2.88 bits per heavy atom. The number of hydrogen-bond donors (Lipinski definition) is 2. The molecule has 2 N–H and O–H groups in total. The van der Waals surface area contributed by atoms with Gasteiger partial charge in [0.15, 0.2) is 0 Å². The van der Waals surface area contributed by atoms with Crippen LogP contribution in [0.25, 0.3) is 0 Å². The molecule has 0 fully saturated rings. The van der Waals surface area contributed by atoms with E-state index in [4.69, 9.17) is 0 Å². The van der Waals surface area contributed by atoms with Crippen LogP contribution in [-0.2, 0) is 6.54 Å². The van der Waals surface area contributed by atoms with Crippen molar-refractivity contribution >= 4 is 11.4 Å². The van der Waals surface area contributed by atoms with Gasteiger partial charge in [0.2, 0.25) is 0 Å². The molecule has 16 heavy (non-hydrogen) atoms. The zero-order chi connectivity index (χ0) is 11.4. The van der Waals surface area contributed by atoms with Crippen LogP contribution in [0.3, 0.4) is 0 Å². The number of aromatic nitrogens is 1. The number of H-pyrrole nitrogens is 1. The van der Waals surface area contributed by atoms with Crippen molar-refractivity contribution in [3.05, 3.63) is 58.4 Å². The Hall–Kier alpha value is -2.30. The van der Waals surface area contributed by atoms with E-state index < -0.39 is 4.92 Å². The van der Waals surface area contributed by atoms with Gasteiger partial charge in [-0.3, -0.25) is 10.1 Å². The minimum Gasteiger partial charge on any atom is -0.379 e. The Kier molecular flexibility index (Phi) is 2.86. The smallest absolute Gasteiger partial charge is 0.271 e. The summed E-state index contributed by atoms with van der Waals surface area (Å²) in [5.41, 5.74) is 1.87. The van der Waals surface area contributed by atoms with Gasteiger partial charge in [0.25, 0.3) is 5.69 Å². The molecule has 2 rings (SSSR count). The van der Waals surface area contributed by atoms with Crippen LogP contribution in [-0.4, -0.2) is 9.91 Å². The fourth-order valence-electron chi connectivity index (χ4n) is 1.40. The molecule has 1 aromatic carbocycles. The number of aromatic amines is 1. The van der Waals surface area contributed by atoms with Crippen LogP contribution >= 0.6 is 0 Å². The Morgan fingerprint density at radius 1 is 1.31 bits per heavy atom. The van der Waals surface area contributed by atoms with E-state index in [1.807, 2.05) is 18.3 Å². The first-order chi connectivity index (χ1) is 7.75. The normalized spacial score (nSPS) is 10.0. The Balaban J connectivity index is 2.04. The molecule has 1 aromatic heterocycles. The number of anilines is 1. The minimum absolute atomic E-state index is 0.0940. The van der Waals surface area contributed by atoms with Crippen molar-refractivity contribution < 1.29 is 4.92 Å². The number of nitrogens with one attached hydrogen (secondary N) is 2. The molecule has 0 aliphatic heterocycles. The summed E-state index contributed by atoms with van der Waals surface area (Å²) in [6, 6.07) is 10.3. The zero-order valence-electron chi connectivity index (χ0n) is 8.51. The lowest BCUT2D eigenvalue weighted by Crippen LogP contribution is -1.99. The molecule has 2 aromatic rings. The minimum atomic E-state index is -0.403. The molecule has 0 saturated heterocycles. The molecule has 0 unspecified atom stereocenters. The maximum Gasteiger partial charge on any atom is 0.271 e. The number of non-ortho nitro benzene ring substituents is 1. The molecular formula is C11H11N3O2. The lowest BCUT2D eigenvalue weighted by Gasteiger charge is -2.04. The molecule has 0 radical (unpaired) electrons. The van der Waals surface area contributed by atoms with Crippen molar-refractivity contribution in [2.75, 3.05) is 5.32 Å². The van der Waals surface area contributed by atoms with Crippen LogP contribution < -0.4 is 5.32 Å². The van der Waals surface area contributed by atoms with Crippen LogP contribution in [0, 0.1) is 10.1 Å². The van der Waals surface area contributed by atoms with E-state index in [0.29, 0.717) is 6.54 Å². The highest BCUT2D eigenvalue weighted by Crippen LogP contribution is 2.17. The third-order valence-corrected chi connectivity index (χ3v) is 2.20. The Morgan fingerprint density at radius 2 is 2.19 bits per heavy atom. The predicted molar refractivity (Wildman–Crippen MR) is 61.2 cm³/mol. The van der Waals surface area contributed by atoms with Crippen LogP contribution in [0.4, 0.5) is 11.4 Å². The zero-order valence-corrected chi connectivity index (χ0v) is 8.51. The first kappa shape index (κ1) is 10.2. The summed E-state index contributed by atoms with van der Waals surface area (Å²) in [6.45, 7) is 0.619. The number of hydrogen-bond acceptors (Lipinski definition) is 3. The average Bonchev–Trinajstić information content (AvgIpc) is 2.79. The van der Waals surface area contributed by atoms with E-state index in [2.05, 4.69) is 10.3 Å². The number of rotatable bonds is 4. The van der Waals surface area contributed by atoms with Gasteiger partial charge in [0.1, 0.15) is 0 Å². The highest BCUT2D eigenvalue weighted by molar-refractivity contribution is 5.50. The highest BCUT2D eigenvalue weighted by Gasteiger charge is 2.04. The summed E-state index contributed by atoms with van der Waals surface area (Å²) in [4.78, 5) is 13.2. The topological polar surface area (TPSA) is 71.0 Å². The second-order valence-corrected chi connectivity index (χ2v) is 3.36. The fraction of sp³-hybridized carbons (Fsp3) is 0.0909. The molecule has 1 heterocycles. The Bertz CT molecular complexity index is 480. The van der Waals surface area contributed by atoms with Crippen molar-refractivity contribution in [2.24, 2.45) is 0 Å². The number of benzene rings is 1. The predicted octanol–water partition coefficient (Wildman–Crippen LogP) is 2.54. The summed E-state index contributed by atoms with van der Waals surface area (Å²) >= 11 is 0. The van der Waals surface area contributed by atoms with Crippen molar-refractivity contribution in [1.29, 1.82) is 0 Å². The first-order valence-corrected chi connectivity index (χ1v) is 4.86.